The van der Waals surface area contributed by atoms with Crippen molar-refractivity contribution in [3.8, 4) is 22.6 Å². The summed E-state index contributed by atoms with van der Waals surface area (Å²) in [6, 6.07) is 47.7. The standard InChI is InChI=1S/C49H35N5O.Pd/c1-28(2)32-11-9-12-33(29(3)4)46(32)36-13-10-18-45-47(36)35-22-20-31(26-38(35)49-52-41-15-6-8-17-44(41)54(45)49)55-30-19-21-34-37(25-30)48-51-40-14-5-7-16-43(40)53(48)42-23-24-50-27-39(34)42;/h5-24,27-29H,1-4H3;/q-2;+2. The second kappa shape index (κ2) is 13.0. The van der Waals surface area contributed by atoms with Gasteiger partial charge in [0.2, 0.25) is 0 Å². The van der Waals surface area contributed by atoms with Crippen molar-refractivity contribution in [2.45, 2.75) is 39.5 Å². The molecule has 7 heteroatoms. The Hall–Kier alpha value is -6.13. The van der Waals surface area contributed by atoms with Crippen molar-refractivity contribution in [2.75, 3.05) is 0 Å². The minimum atomic E-state index is 0. The predicted octanol–water partition coefficient (Wildman–Crippen LogP) is 12.6. The van der Waals surface area contributed by atoms with Crippen LogP contribution in [0.3, 0.4) is 0 Å². The molecule has 0 amide bonds. The maximum atomic E-state index is 6.68. The van der Waals surface area contributed by atoms with E-state index in [1.54, 1.807) is 0 Å². The summed E-state index contributed by atoms with van der Waals surface area (Å²) in [6.07, 6.45) is 3.75. The summed E-state index contributed by atoms with van der Waals surface area (Å²) in [4.78, 5) is 14.8. The Morgan fingerprint density at radius 3 is 1.73 bits per heavy atom. The minimum Gasteiger partial charge on any atom is -0.497 e. The van der Waals surface area contributed by atoms with Crippen LogP contribution in [0.4, 0.5) is 0 Å². The van der Waals surface area contributed by atoms with Crippen LogP contribution in [0.25, 0.3) is 87.8 Å². The van der Waals surface area contributed by atoms with Gasteiger partial charge in [0.1, 0.15) is 0 Å². The van der Waals surface area contributed by atoms with Crippen molar-refractivity contribution in [3.63, 3.8) is 0 Å². The number of hydrogen-bond donors (Lipinski definition) is 0. The summed E-state index contributed by atoms with van der Waals surface area (Å²) < 4.78 is 11.2. The van der Waals surface area contributed by atoms with Crippen LogP contribution in [0.1, 0.15) is 50.7 Å². The van der Waals surface area contributed by atoms with Gasteiger partial charge < -0.3 is 13.5 Å². The molecule has 0 unspecified atom stereocenters. The molecule has 0 atom stereocenters. The van der Waals surface area contributed by atoms with Crippen molar-refractivity contribution >= 4 is 76.7 Å². The summed E-state index contributed by atoms with van der Waals surface area (Å²) >= 11 is 0. The van der Waals surface area contributed by atoms with E-state index in [9.17, 15) is 0 Å². The van der Waals surface area contributed by atoms with Crippen molar-refractivity contribution in [3.05, 3.63) is 151 Å². The number of ether oxygens (including phenoxy) is 1. The van der Waals surface area contributed by atoms with Crippen LogP contribution >= 0.6 is 0 Å². The van der Waals surface area contributed by atoms with Crippen molar-refractivity contribution in [1.82, 2.24) is 23.8 Å². The molecule has 0 saturated heterocycles. The number of aromatic nitrogens is 5. The van der Waals surface area contributed by atoms with Crippen LogP contribution in [0.2, 0.25) is 0 Å². The Labute approximate surface area is 337 Å². The van der Waals surface area contributed by atoms with E-state index in [2.05, 4.69) is 126 Å². The van der Waals surface area contributed by atoms with E-state index in [1.807, 2.05) is 54.9 Å². The van der Waals surface area contributed by atoms with Crippen LogP contribution in [0.15, 0.2) is 128 Å². The smallest absolute Gasteiger partial charge is 0.497 e. The normalized spacial score (nSPS) is 12.1. The fourth-order valence-electron chi connectivity index (χ4n) is 8.72. The van der Waals surface area contributed by atoms with Crippen molar-refractivity contribution < 1.29 is 25.2 Å². The fraction of sp³-hybridized carbons (Fsp3) is 0.122. The molecule has 0 aliphatic heterocycles. The maximum absolute atomic E-state index is 6.68. The SMILES string of the molecule is CC(C)c1cccc(C(C)C)c1-c1cccc2c1c1ccc(Oc3[c-]c4c(cc3)c3cnccc3n3c5ccccc5nc43)[c-]c1c1nc3ccccc3n21.[Pd+2]. The summed E-state index contributed by atoms with van der Waals surface area (Å²) in [5.41, 5.74) is 13.0. The summed E-state index contributed by atoms with van der Waals surface area (Å²) in [7, 11) is 0. The molecule has 272 valence electrons. The summed E-state index contributed by atoms with van der Waals surface area (Å²) in [6.45, 7) is 9.14. The first-order valence-electron chi connectivity index (χ1n) is 18.9. The number of rotatable bonds is 5. The van der Waals surface area contributed by atoms with Crippen LogP contribution in [0, 0.1) is 12.1 Å². The number of pyridine rings is 3. The van der Waals surface area contributed by atoms with E-state index in [1.165, 1.54) is 27.6 Å². The Kier molecular flexibility index (Phi) is 7.97. The number of hydrogen-bond acceptors (Lipinski definition) is 4. The van der Waals surface area contributed by atoms with E-state index in [4.69, 9.17) is 14.7 Å². The molecule has 6 nitrogen and oxygen atoms in total. The third-order valence-electron chi connectivity index (χ3n) is 11.2. The first-order valence-corrected chi connectivity index (χ1v) is 18.9. The van der Waals surface area contributed by atoms with E-state index in [0.29, 0.717) is 23.3 Å². The molecule has 56 heavy (non-hydrogen) atoms. The summed E-state index contributed by atoms with van der Waals surface area (Å²) in [5, 5.41) is 6.09. The predicted molar refractivity (Wildman–Crippen MR) is 225 cm³/mol. The quantitative estimate of drug-likeness (QED) is 0.0986. The molecule has 5 aromatic heterocycles. The third kappa shape index (κ3) is 5.01. The fourth-order valence-corrected chi connectivity index (χ4v) is 8.72. The second-order valence-corrected chi connectivity index (χ2v) is 15.1. The van der Waals surface area contributed by atoms with Crippen LogP contribution in [0.5, 0.6) is 11.5 Å². The zero-order valence-corrected chi connectivity index (χ0v) is 32.8. The van der Waals surface area contributed by atoms with E-state index >= 15 is 0 Å². The molecule has 0 aliphatic rings. The average Bonchev–Trinajstić information content (AvgIpc) is 3.81. The molecule has 11 aromatic rings. The summed E-state index contributed by atoms with van der Waals surface area (Å²) in [5.74, 6) is 1.88. The molecule has 0 saturated carbocycles. The molecule has 0 radical (unpaired) electrons. The van der Waals surface area contributed by atoms with Gasteiger partial charge in [-0.15, -0.1) is 12.1 Å². The van der Waals surface area contributed by atoms with E-state index in [-0.39, 0.29) is 20.4 Å². The van der Waals surface area contributed by atoms with Gasteiger partial charge in [-0.05, 0) is 81.3 Å². The monoisotopic (exact) mass is 815 g/mol. The molecule has 0 N–H and O–H groups in total. The molecule has 5 heterocycles. The second-order valence-electron chi connectivity index (χ2n) is 15.1. The Morgan fingerprint density at radius 1 is 0.536 bits per heavy atom. The molecule has 0 fully saturated rings. The number of nitrogens with zero attached hydrogens (tertiary/aromatic N) is 5. The largest absolute Gasteiger partial charge is 2.00 e. The van der Waals surface area contributed by atoms with Gasteiger partial charge in [0, 0.05) is 34.9 Å². The molecular formula is C49H35N5OPd. The molecule has 0 aliphatic carbocycles. The molecule has 0 bridgehead atoms. The van der Waals surface area contributed by atoms with Gasteiger partial charge >= 0.3 is 20.4 Å². The topological polar surface area (TPSA) is 56.7 Å². The van der Waals surface area contributed by atoms with Crippen LogP contribution < -0.4 is 4.74 Å². The van der Waals surface area contributed by atoms with Crippen molar-refractivity contribution in [1.29, 1.82) is 0 Å². The Bertz CT molecular complexity index is 3350. The molecule has 6 aromatic carbocycles. The van der Waals surface area contributed by atoms with E-state index in [0.717, 1.165) is 71.3 Å². The Morgan fingerprint density at radius 2 is 1.09 bits per heavy atom. The average molecular weight is 816 g/mol. The van der Waals surface area contributed by atoms with Gasteiger partial charge in [0.05, 0.1) is 33.4 Å². The van der Waals surface area contributed by atoms with Crippen LogP contribution in [-0.4, -0.2) is 23.8 Å². The third-order valence-corrected chi connectivity index (χ3v) is 11.2. The van der Waals surface area contributed by atoms with Gasteiger partial charge in [-0.3, -0.25) is 15.0 Å². The first-order chi connectivity index (χ1) is 26.9. The first kappa shape index (κ1) is 34.4. The molecular weight excluding hydrogens is 781 g/mol. The maximum Gasteiger partial charge on any atom is 2.00 e. The number of para-hydroxylation sites is 4. The van der Waals surface area contributed by atoms with Gasteiger partial charge in [-0.2, -0.15) is 0 Å². The molecule has 0 spiro atoms. The van der Waals surface area contributed by atoms with Gasteiger partial charge in [0.25, 0.3) is 0 Å². The van der Waals surface area contributed by atoms with Gasteiger partial charge in [0.15, 0.2) is 0 Å². The van der Waals surface area contributed by atoms with Gasteiger partial charge in [-0.1, -0.05) is 128 Å². The number of benzene rings is 6. The van der Waals surface area contributed by atoms with Gasteiger partial charge in [-0.25, -0.2) is 0 Å². The van der Waals surface area contributed by atoms with Crippen molar-refractivity contribution in [2.24, 2.45) is 0 Å². The van der Waals surface area contributed by atoms with Crippen LogP contribution in [-0.2, 0) is 20.4 Å². The van der Waals surface area contributed by atoms with E-state index < -0.39 is 0 Å². The number of imidazole rings is 2. The zero-order valence-electron chi connectivity index (χ0n) is 31.2. The number of fused-ring (bicyclic) bond motifs is 16. The minimum absolute atomic E-state index is 0. The zero-order chi connectivity index (χ0) is 36.9. The Balaban J connectivity index is 0.00000384. The molecule has 11 rings (SSSR count).